The number of carbonyl (C=O) groups excluding carboxylic acids is 1. The molecule has 4 nitrogen and oxygen atoms in total. The molecule has 16 heavy (non-hydrogen) atoms. The van der Waals surface area contributed by atoms with Gasteiger partial charge in [0.2, 0.25) is 0 Å². The maximum atomic E-state index is 11.4. The number of hydrogen-bond acceptors (Lipinski definition) is 3. The second-order valence-corrected chi connectivity index (χ2v) is 4.20. The molecule has 0 unspecified atom stereocenters. The van der Waals surface area contributed by atoms with Gasteiger partial charge in [-0.1, -0.05) is 0 Å². The molecule has 0 saturated heterocycles. The molecule has 2 rings (SSSR count). The first kappa shape index (κ1) is 10.7. The van der Waals surface area contributed by atoms with E-state index >= 15 is 0 Å². The Morgan fingerprint density at radius 3 is 2.69 bits per heavy atom. The first-order valence-electron chi connectivity index (χ1n) is 5.30. The molecule has 0 amide bonds. The summed E-state index contributed by atoms with van der Waals surface area (Å²) < 4.78 is 6.46. The lowest BCUT2D eigenvalue weighted by molar-refractivity contribution is 0.0589. The Balaban J connectivity index is 2.41. The maximum Gasteiger partial charge on any atom is 0.354 e. The predicted octanol–water partition coefficient (Wildman–Crippen LogP) is 1.76. The minimum atomic E-state index is -0.388. The van der Waals surface area contributed by atoms with E-state index in [1.807, 2.05) is 6.07 Å². The zero-order valence-corrected chi connectivity index (χ0v) is 9.49. The molecule has 0 N–H and O–H groups in total. The summed E-state index contributed by atoms with van der Waals surface area (Å²) in [7, 11) is 3.16. The van der Waals surface area contributed by atoms with Crippen LogP contribution in [0.5, 0.6) is 0 Å². The second-order valence-electron chi connectivity index (χ2n) is 4.20. The monoisotopic (exact) mass is 218 g/mol. The average molecular weight is 218 g/mol. The van der Waals surface area contributed by atoms with E-state index in [1.54, 1.807) is 17.7 Å². The molecule has 4 heteroatoms. The third-order valence-electron chi connectivity index (χ3n) is 3.43. The van der Waals surface area contributed by atoms with Crippen LogP contribution < -0.4 is 0 Å². The summed E-state index contributed by atoms with van der Waals surface area (Å²) in [4.78, 5) is 11.4. The van der Waals surface area contributed by atoms with E-state index in [1.165, 1.54) is 7.11 Å². The normalized spacial score (nSPS) is 17.3. The predicted molar refractivity (Wildman–Crippen MR) is 57.9 cm³/mol. The van der Waals surface area contributed by atoms with E-state index in [0.717, 1.165) is 25.0 Å². The van der Waals surface area contributed by atoms with Gasteiger partial charge in [0.15, 0.2) is 0 Å². The number of methoxy groups -OCH3 is 1. The number of esters is 1. The highest BCUT2D eigenvalue weighted by Crippen LogP contribution is 2.43. The van der Waals surface area contributed by atoms with Crippen LogP contribution in [0.25, 0.3) is 0 Å². The molecule has 0 aromatic carbocycles. The summed E-state index contributed by atoms with van der Waals surface area (Å²) >= 11 is 0. The van der Waals surface area contributed by atoms with Gasteiger partial charge in [-0.05, 0) is 31.4 Å². The van der Waals surface area contributed by atoms with Crippen molar-refractivity contribution in [3.05, 3.63) is 23.5 Å². The lowest BCUT2D eigenvalue weighted by Crippen LogP contribution is -2.34. The average Bonchev–Trinajstić information content (AvgIpc) is 2.60. The number of rotatable bonds is 2. The van der Waals surface area contributed by atoms with Crippen molar-refractivity contribution in [2.75, 3.05) is 7.11 Å². The molecule has 0 atom stereocenters. The Labute approximate surface area is 94.4 Å². The van der Waals surface area contributed by atoms with E-state index in [-0.39, 0.29) is 11.4 Å². The van der Waals surface area contributed by atoms with Crippen molar-refractivity contribution >= 4 is 5.97 Å². The van der Waals surface area contributed by atoms with Crippen LogP contribution in [-0.4, -0.2) is 17.6 Å². The molecule has 1 heterocycles. The zero-order valence-electron chi connectivity index (χ0n) is 9.49. The molecule has 84 valence electrons. The van der Waals surface area contributed by atoms with Gasteiger partial charge < -0.3 is 9.30 Å². The SMILES string of the molecule is COC(=O)c1ccc(C2(C#N)CCC2)n1C. The van der Waals surface area contributed by atoms with Gasteiger partial charge in [-0.3, -0.25) is 0 Å². The maximum absolute atomic E-state index is 11.4. The fourth-order valence-electron chi connectivity index (χ4n) is 2.26. The van der Waals surface area contributed by atoms with Crippen molar-refractivity contribution in [3.63, 3.8) is 0 Å². The van der Waals surface area contributed by atoms with Crippen LogP contribution >= 0.6 is 0 Å². The van der Waals surface area contributed by atoms with E-state index in [9.17, 15) is 10.1 Å². The zero-order chi connectivity index (χ0) is 11.8. The number of hydrogen-bond donors (Lipinski definition) is 0. The third kappa shape index (κ3) is 1.32. The van der Waals surface area contributed by atoms with Crippen LogP contribution in [0.3, 0.4) is 0 Å². The van der Waals surface area contributed by atoms with E-state index in [2.05, 4.69) is 10.8 Å². The lowest BCUT2D eigenvalue weighted by Gasteiger charge is -2.35. The second kappa shape index (κ2) is 3.67. The topological polar surface area (TPSA) is 55.0 Å². The van der Waals surface area contributed by atoms with Crippen molar-refractivity contribution in [1.82, 2.24) is 4.57 Å². The fourth-order valence-corrected chi connectivity index (χ4v) is 2.26. The quantitative estimate of drug-likeness (QED) is 0.711. The van der Waals surface area contributed by atoms with Gasteiger partial charge in [0, 0.05) is 12.7 Å². The van der Waals surface area contributed by atoms with Gasteiger partial charge in [-0.25, -0.2) is 4.79 Å². The molecule has 0 radical (unpaired) electrons. The number of aromatic nitrogens is 1. The van der Waals surface area contributed by atoms with Crippen molar-refractivity contribution < 1.29 is 9.53 Å². The minimum absolute atomic E-state index is 0.360. The van der Waals surface area contributed by atoms with Gasteiger partial charge in [-0.2, -0.15) is 5.26 Å². The van der Waals surface area contributed by atoms with Crippen LogP contribution in [-0.2, 0) is 17.2 Å². The van der Waals surface area contributed by atoms with Gasteiger partial charge in [0.05, 0.1) is 18.6 Å². The number of nitrogens with zero attached hydrogens (tertiary/aromatic N) is 2. The molecule has 1 saturated carbocycles. The van der Waals surface area contributed by atoms with Gasteiger partial charge in [0.1, 0.15) is 5.69 Å². The van der Waals surface area contributed by atoms with Gasteiger partial charge >= 0.3 is 5.97 Å². The van der Waals surface area contributed by atoms with Crippen LogP contribution in [0, 0.1) is 11.3 Å². The lowest BCUT2D eigenvalue weighted by atomic mass is 9.68. The van der Waals surface area contributed by atoms with Crippen LogP contribution in [0.15, 0.2) is 12.1 Å². The van der Waals surface area contributed by atoms with Crippen LogP contribution in [0.2, 0.25) is 0 Å². The smallest absolute Gasteiger partial charge is 0.354 e. The molecule has 1 aliphatic carbocycles. The van der Waals surface area contributed by atoms with Gasteiger partial charge in [-0.15, -0.1) is 0 Å². The number of carbonyl (C=O) groups is 1. The van der Waals surface area contributed by atoms with Crippen molar-refractivity contribution in [2.24, 2.45) is 7.05 Å². The number of ether oxygens (including phenoxy) is 1. The summed E-state index contributed by atoms with van der Waals surface area (Å²) in [5.41, 5.74) is 1.03. The first-order valence-corrected chi connectivity index (χ1v) is 5.30. The molecule has 1 aliphatic rings. The van der Waals surface area contributed by atoms with Crippen molar-refractivity contribution in [1.29, 1.82) is 5.26 Å². The van der Waals surface area contributed by atoms with Crippen molar-refractivity contribution in [3.8, 4) is 6.07 Å². The minimum Gasteiger partial charge on any atom is -0.464 e. The molecule has 0 bridgehead atoms. The summed E-state index contributed by atoms with van der Waals surface area (Å²) in [5.74, 6) is -0.360. The fraction of sp³-hybridized carbons (Fsp3) is 0.500. The third-order valence-corrected chi connectivity index (χ3v) is 3.43. The summed E-state index contributed by atoms with van der Waals surface area (Å²) in [6.07, 6.45) is 2.83. The Morgan fingerprint density at radius 1 is 1.56 bits per heavy atom. The van der Waals surface area contributed by atoms with Crippen molar-refractivity contribution in [2.45, 2.75) is 24.7 Å². The van der Waals surface area contributed by atoms with Crippen LogP contribution in [0.4, 0.5) is 0 Å². The molecule has 1 aromatic heterocycles. The largest absolute Gasteiger partial charge is 0.464 e. The first-order chi connectivity index (χ1) is 7.64. The number of nitriles is 1. The molecule has 0 aliphatic heterocycles. The molecular formula is C12H14N2O2. The summed E-state index contributed by atoms with van der Waals surface area (Å²) in [5, 5.41) is 9.24. The Hall–Kier alpha value is -1.76. The molecule has 1 fully saturated rings. The van der Waals surface area contributed by atoms with Crippen LogP contribution in [0.1, 0.15) is 35.4 Å². The summed E-state index contributed by atoms with van der Waals surface area (Å²) in [6.45, 7) is 0. The molecule has 0 spiro atoms. The highest BCUT2D eigenvalue weighted by molar-refractivity contribution is 5.87. The summed E-state index contributed by atoms with van der Waals surface area (Å²) in [6, 6.07) is 5.95. The van der Waals surface area contributed by atoms with E-state index in [4.69, 9.17) is 0 Å². The van der Waals surface area contributed by atoms with Gasteiger partial charge in [0.25, 0.3) is 0 Å². The molecular weight excluding hydrogens is 204 g/mol. The van der Waals surface area contributed by atoms with E-state index < -0.39 is 0 Å². The standard InChI is InChI=1S/C12H14N2O2/c1-14-9(11(15)16-2)4-5-10(14)12(8-13)6-3-7-12/h4-5H,3,6-7H2,1-2H3. The Morgan fingerprint density at radius 2 is 2.25 bits per heavy atom. The highest BCUT2D eigenvalue weighted by atomic mass is 16.5. The Bertz CT molecular complexity index is 464. The highest BCUT2D eigenvalue weighted by Gasteiger charge is 2.41. The van der Waals surface area contributed by atoms with E-state index in [0.29, 0.717) is 5.69 Å². The Kier molecular flexibility index (Phi) is 2.47. The molecule has 1 aromatic rings.